The van der Waals surface area contributed by atoms with Crippen molar-refractivity contribution in [1.29, 1.82) is 5.41 Å². The maximum absolute atomic E-state index is 11.0. The third-order valence-corrected chi connectivity index (χ3v) is 1.68. The van der Waals surface area contributed by atoms with E-state index in [0.717, 1.165) is 0 Å². The van der Waals surface area contributed by atoms with Crippen LogP contribution in [0.3, 0.4) is 0 Å². The van der Waals surface area contributed by atoms with Gasteiger partial charge in [0, 0.05) is 12.8 Å². The lowest BCUT2D eigenvalue weighted by Gasteiger charge is -2.12. The van der Waals surface area contributed by atoms with Crippen LogP contribution in [0, 0.1) is 5.41 Å². The fourth-order valence-electron chi connectivity index (χ4n) is 0.867. The number of nitrogens with two attached hydrogens (primary N) is 2. The Hall–Kier alpha value is -1.69. The first kappa shape index (κ1) is 13.3. The average Bonchev–Trinajstić information content (AvgIpc) is 2.14. The molecule has 0 aromatic rings. The number of nitrogens with one attached hydrogen (secondary N) is 2. The Balaban J connectivity index is 3.93. The van der Waals surface area contributed by atoms with Crippen molar-refractivity contribution in [3.63, 3.8) is 0 Å². The lowest BCUT2D eigenvalue weighted by molar-refractivity contribution is -0.119. The molecule has 0 unspecified atom stereocenters. The first-order chi connectivity index (χ1) is 6.97. The van der Waals surface area contributed by atoms with Crippen LogP contribution in [-0.4, -0.2) is 23.7 Å². The van der Waals surface area contributed by atoms with Crippen LogP contribution in [0.2, 0.25) is 0 Å². The summed E-state index contributed by atoms with van der Waals surface area (Å²) in [5, 5.41) is 9.70. The predicted molar refractivity (Wildman–Crippen MR) is 57.1 cm³/mol. The van der Waals surface area contributed by atoms with E-state index in [9.17, 15) is 9.59 Å². The quantitative estimate of drug-likeness (QED) is 0.263. The van der Waals surface area contributed by atoms with E-state index in [1.807, 2.05) is 0 Å². The number of primary amides is 1. The summed E-state index contributed by atoms with van der Waals surface area (Å²) in [5.74, 6) is -0.928. The van der Waals surface area contributed by atoms with Crippen LogP contribution in [-0.2, 0) is 9.59 Å². The highest BCUT2D eigenvalue weighted by atomic mass is 16.2. The lowest BCUT2D eigenvalue weighted by atomic mass is 10.1. The van der Waals surface area contributed by atoms with Gasteiger partial charge in [-0.3, -0.25) is 15.0 Å². The molecule has 0 rings (SSSR count). The molecular weight excluding hydrogens is 196 g/mol. The Morgan fingerprint density at radius 2 is 2.13 bits per heavy atom. The van der Waals surface area contributed by atoms with Crippen molar-refractivity contribution in [3.05, 3.63) is 12.7 Å². The van der Waals surface area contributed by atoms with Gasteiger partial charge in [0.15, 0.2) is 0 Å². The summed E-state index contributed by atoms with van der Waals surface area (Å²) in [5.41, 5.74) is 10.5. The van der Waals surface area contributed by atoms with Gasteiger partial charge in [0.2, 0.25) is 11.8 Å². The minimum atomic E-state index is -0.675. The molecule has 0 aliphatic rings. The van der Waals surface area contributed by atoms with Gasteiger partial charge < -0.3 is 16.8 Å². The van der Waals surface area contributed by atoms with Crippen LogP contribution in [0.4, 0.5) is 0 Å². The Morgan fingerprint density at radius 3 is 2.60 bits per heavy atom. The summed E-state index contributed by atoms with van der Waals surface area (Å²) in [6.45, 7) is 3.39. The fourth-order valence-corrected chi connectivity index (χ4v) is 0.867. The largest absolute Gasteiger partial charge is 0.370 e. The van der Waals surface area contributed by atoms with Crippen molar-refractivity contribution >= 4 is 17.6 Å². The minimum Gasteiger partial charge on any atom is -0.370 e. The van der Waals surface area contributed by atoms with Crippen molar-refractivity contribution in [2.24, 2.45) is 11.5 Å². The monoisotopic (exact) mass is 212 g/mol. The molecule has 0 aliphatic heterocycles. The first-order valence-electron chi connectivity index (χ1n) is 4.50. The maximum atomic E-state index is 11.0. The number of carbonyl (C=O) groups is 2. The molecule has 6 N–H and O–H groups in total. The molecule has 2 amide bonds. The average molecular weight is 212 g/mol. The smallest absolute Gasteiger partial charge is 0.229 e. The van der Waals surface area contributed by atoms with Gasteiger partial charge in [0.25, 0.3) is 0 Å². The molecule has 6 nitrogen and oxygen atoms in total. The van der Waals surface area contributed by atoms with Gasteiger partial charge in [0.1, 0.15) is 5.84 Å². The molecule has 1 atom stereocenters. The number of amides is 2. The molecule has 0 saturated heterocycles. The molecule has 0 saturated carbocycles. The Morgan fingerprint density at radius 1 is 1.53 bits per heavy atom. The molecule has 0 bridgehead atoms. The number of hydrogen-bond donors (Lipinski definition) is 4. The standard InChI is InChI=1S/C9H16N4O2/c1-2-3-8(15)13-9(12)6(10)4-5-7(11)14/h2,6H,1,3-5,10H2,(H2,11,14)(H2,12,13,15)/t6-/m0/s1. The summed E-state index contributed by atoms with van der Waals surface area (Å²) in [4.78, 5) is 21.5. The van der Waals surface area contributed by atoms with Gasteiger partial charge in [-0.1, -0.05) is 6.08 Å². The van der Waals surface area contributed by atoms with Gasteiger partial charge in [-0.15, -0.1) is 6.58 Å². The molecule has 0 aromatic carbocycles. The van der Waals surface area contributed by atoms with Crippen molar-refractivity contribution in [3.8, 4) is 0 Å². The van der Waals surface area contributed by atoms with Crippen LogP contribution >= 0.6 is 0 Å². The van der Waals surface area contributed by atoms with Crippen LogP contribution in [0.25, 0.3) is 0 Å². The number of amidine groups is 1. The SMILES string of the molecule is C=CCC(=O)NC(=N)[C@@H](N)CCC(N)=O. The minimum absolute atomic E-state index is 0.0981. The highest BCUT2D eigenvalue weighted by Gasteiger charge is 2.12. The van der Waals surface area contributed by atoms with Crippen LogP contribution < -0.4 is 16.8 Å². The van der Waals surface area contributed by atoms with Gasteiger partial charge in [0.05, 0.1) is 6.04 Å². The van der Waals surface area contributed by atoms with E-state index < -0.39 is 11.9 Å². The van der Waals surface area contributed by atoms with E-state index in [1.165, 1.54) is 6.08 Å². The molecule has 0 aliphatic carbocycles. The Labute approximate surface area is 88.2 Å². The number of rotatable bonds is 6. The molecule has 6 heteroatoms. The van der Waals surface area contributed by atoms with Gasteiger partial charge >= 0.3 is 0 Å². The van der Waals surface area contributed by atoms with Gasteiger partial charge in [-0.05, 0) is 6.42 Å². The molecule has 0 heterocycles. The lowest BCUT2D eigenvalue weighted by Crippen LogP contribution is -2.43. The second kappa shape index (κ2) is 6.72. The second-order valence-corrected chi connectivity index (χ2v) is 3.07. The molecule has 84 valence electrons. The van der Waals surface area contributed by atoms with Crippen molar-refractivity contribution in [2.75, 3.05) is 0 Å². The topological polar surface area (TPSA) is 122 Å². The van der Waals surface area contributed by atoms with Gasteiger partial charge in [-0.2, -0.15) is 0 Å². The first-order valence-corrected chi connectivity index (χ1v) is 4.50. The highest BCUT2D eigenvalue weighted by molar-refractivity contribution is 5.99. The molecule has 0 aromatic heterocycles. The van der Waals surface area contributed by atoms with E-state index in [4.69, 9.17) is 16.9 Å². The zero-order valence-electron chi connectivity index (χ0n) is 8.45. The molecule has 15 heavy (non-hydrogen) atoms. The number of hydrogen-bond acceptors (Lipinski definition) is 4. The predicted octanol–water partition coefficient (Wildman–Crippen LogP) is -0.751. The van der Waals surface area contributed by atoms with E-state index in [2.05, 4.69) is 11.9 Å². The van der Waals surface area contributed by atoms with E-state index in [1.54, 1.807) is 0 Å². The summed E-state index contributed by atoms with van der Waals surface area (Å²) in [6, 6.07) is -0.675. The van der Waals surface area contributed by atoms with Crippen LogP contribution in [0.5, 0.6) is 0 Å². The fraction of sp³-hybridized carbons (Fsp3) is 0.444. The Kier molecular flexibility index (Phi) is 5.96. The van der Waals surface area contributed by atoms with E-state index >= 15 is 0 Å². The molecular formula is C9H16N4O2. The van der Waals surface area contributed by atoms with Crippen molar-refractivity contribution in [1.82, 2.24) is 5.32 Å². The highest BCUT2D eigenvalue weighted by Crippen LogP contribution is 1.94. The van der Waals surface area contributed by atoms with E-state index in [0.29, 0.717) is 0 Å². The third-order valence-electron chi connectivity index (χ3n) is 1.68. The number of carbonyl (C=O) groups excluding carboxylic acids is 2. The zero-order chi connectivity index (χ0) is 11.8. The third kappa shape index (κ3) is 6.39. The molecule has 0 spiro atoms. The van der Waals surface area contributed by atoms with Crippen molar-refractivity contribution < 1.29 is 9.59 Å². The zero-order valence-corrected chi connectivity index (χ0v) is 8.45. The summed E-state index contributed by atoms with van der Waals surface area (Å²) >= 11 is 0. The normalized spacial score (nSPS) is 11.5. The summed E-state index contributed by atoms with van der Waals surface area (Å²) in [7, 11) is 0. The summed E-state index contributed by atoms with van der Waals surface area (Å²) in [6.07, 6.45) is 1.91. The van der Waals surface area contributed by atoms with Gasteiger partial charge in [-0.25, -0.2) is 0 Å². The van der Waals surface area contributed by atoms with Crippen LogP contribution in [0.15, 0.2) is 12.7 Å². The second-order valence-electron chi connectivity index (χ2n) is 3.07. The maximum Gasteiger partial charge on any atom is 0.229 e. The molecule has 0 radical (unpaired) electrons. The Bertz CT molecular complexity index is 275. The molecule has 0 fully saturated rings. The van der Waals surface area contributed by atoms with E-state index in [-0.39, 0.29) is 31.0 Å². The summed E-state index contributed by atoms with van der Waals surface area (Å²) < 4.78 is 0. The van der Waals surface area contributed by atoms with Crippen LogP contribution in [0.1, 0.15) is 19.3 Å². The van der Waals surface area contributed by atoms with Crippen molar-refractivity contribution in [2.45, 2.75) is 25.3 Å².